The van der Waals surface area contributed by atoms with E-state index in [9.17, 15) is 9.59 Å². The molecular formula is C16H23Cl2N3O2. The van der Waals surface area contributed by atoms with Crippen LogP contribution in [0, 0.1) is 5.92 Å². The van der Waals surface area contributed by atoms with E-state index in [0.717, 1.165) is 25.7 Å². The summed E-state index contributed by atoms with van der Waals surface area (Å²) >= 11 is 6.01. The number of halogens is 2. The van der Waals surface area contributed by atoms with Crippen LogP contribution in [0.3, 0.4) is 0 Å². The van der Waals surface area contributed by atoms with Crippen molar-refractivity contribution in [1.82, 2.24) is 5.32 Å². The molecule has 23 heavy (non-hydrogen) atoms. The van der Waals surface area contributed by atoms with Crippen LogP contribution in [0.1, 0.15) is 43.0 Å². The van der Waals surface area contributed by atoms with Crippen molar-refractivity contribution in [2.45, 2.75) is 38.1 Å². The van der Waals surface area contributed by atoms with Crippen molar-refractivity contribution in [2.75, 3.05) is 12.4 Å². The third-order valence-electron chi connectivity index (χ3n) is 4.28. The highest BCUT2D eigenvalue weighted by molar-refractivity contribution is 6.34. The second kappa shape index (κ2) is 7.99. The molecule has 1 aromatic rings. The molecule has 0 bridgehead atoms. The maximum Gasteiger partial charge on any atom is 0.252 e. The summed E-state index contributed by atoms with van der Waals surface area (Å²) in [4.78, 5) is 24.2. The van der Waals surface area contributed by atoms with Gasteiger partial charge in [-0.25, -0.2) is 0 Å². The molecule has 1 aromatic carbocycles. The molecule has 1 aliphatic carbocycles. The summed E-state index contributed by atoms with van der Waals surface area (Å²) in [6.45, 7) is 1.92. The first-order chi connectivity index (χ1) is 10.3. The summed E-state index contributed by atoms with van der Waals surface area (Å²) in [6, 6.07) is 4.86. The molecule has 2 rings (SSSR count). The van der Waals surface area contributed by atoms with Gasteiger partial charge in [0.05, 0.1) is 16.5 Å². The minimum absolute atomic E-state index is 0. The van der Waals surface area contributed by atoms with Crippen LogP contribution >= 0.6 is 24.0 Å². The van der Waals surface area contributed by atoms with Gasteiger partial charge in [0.25, 0.3) is 5.91 Å². The molecule has 2 unspecified atom stereocenters. The van der Waals surface area contributed by atoms with Crippen LogP contribution < -0.4 is 16.4 Å². The van der Waals surface area contributed by atoms with E-state index in [1.54, 1.807) is 18.2 Å². The number of nitrogens with one attached hydrogen (secondary N) is 2. The van der Waals surface area contributed by atoms with Gasteiger partial charge in [0.2, 0.25) is 5.91 Å². The molecule has 128 valence electrons. The maximum atomic E-state index is 12.5. The molecule has 2 amide bonds. The molecule has 1 fully saturated rings. The van der Waals surface area contributed by atoms with Crippen molar-refractivity contribution in [3.63, 3.8) is 0 Å². The quantitative estimate of drug-likeness (QED) is 0.775. The first-order valence-corrected chi connectivity index (χ1v) is 7.84. The van der Waals surface area contributed by atoms with Gasteiger partial charge in [-0.05, 0) is 38.0 Å². The Balaban J connectivity index is 0.00000264. The van der Waals surface area contributed by atoms with Gasteiger partial charge < -0.3 is 16.4 Å². The minimum Gasteiger partial charge on any atom is -0.355 e. The van der Waals surface area contributed by atoms with Gasteiger partial charge >= 0.3 is 0 Å². The van der Waals surface area contributed by atoms with Gasteiger partial charge in [-0.15, -0.1) is 12.4 Å². The number of carbonyl (C=O) groups is 2. The number of amides is 2. The van der Waals surface area contributed by atoms with Crippen LogP contribution in [0.15, 0.2) is 18.2 Å². The lowest BCUT2D eigenvalue weighted by Gasteiger charge is -2.37. The highest BCUT2D eigenvalue weighted by Crippen LogP contribution is 2.32. The van der Waals surface area contributed by atoms with Gasteiger partial charge in [0, 0.05) is 18.3 Å². The minimum atomic E-state index is -0.488. The number of hydrogen-bond donors (Lipinski definition) is 3. The van der Waals surface area contributed by atoms with Crippen LogP contribution in [-0.4, -0.2) is 24.4 Å². The molecular weight excluding hydrogens is 337 g/mol. The summed E-state index contributed by atoms with van der Waals surface area (Å²) in [5, 5.41) is 5.73. The standard InChI is InChI=1S/C16H22ClN3O2.ClH/c1-16(18)8-4-3-5-12(16)15(22)20-10-6-7-13(17)11(9-10)14(21)19-2;/h6-7,9,12H,3-5,8,18H2,1-2H3,(H,19,21)(H,20,22);1H. The Kier molecular flexibility index (Phi) is 6.86. The van der Waals surface area contributed by atoms with Crippen LogP contribution in [0.5, 0.6) is 0 Å². The molecule has 0 saturated heterocycles. The zero-order valence-corrected chi connectivity index (χ0v) is 14.9. The Morgan fingerprint density at radius 1 is 1.35 bits per heavy atom. The van der Waals surface area contributed by atoms with E-state index in [-0.39, 0.29) is 30.1 Å². The molecule has 1 aliphatic rings. The lowest BCUT2D eigenvalue weighted by atomic mass is 9.74. The number of carbonyl (C=O) groups excluding carboxylic acids is 2. The van der Waals surface area contributed by atoms with Gasteiger partial charge in [0.1, 0.15) is 0 Å². The number of benzene rings is 1. The van der Waals surface area contributed by atoms with E-state index in [1.807, 2.05) is 6.92 Å². The Morgan fingerprint density at radius 3 is 2.65 bits per heavy atom. The predicted molar refractivity (Wildman–Crippen MR) is 95.3 cm³/mol. The van der Waals surface area contributed by atoms with Crippen LogP contribution in [0.2, 0.25) is 5.02 Å². The average Bonchev–Trinajstić information content (AvgIpc) is 2.47. The van der Waals surface area contributed by atoms with Crippen molar-refractivity contribution in [3.8, 4) is 0 Å². The van der Waals surface area contributed by atoms with Crippen LogP contribution in [-0.2, 0) is 4.79 Å². The van der Waals surface area contributed by atoms with E-state index in [0.29, 0.717) is 16.3 Å². The third-order valence-corrected chi connectivity index (χ3v) is 4.61. The maximum absolute atomic E-state index is 12.5. The van der Waals surface area contributed by atoms with E-state index in [2.05, 4.69) is 10.6 Å². The van der Waals surface area contributed by atoms with E-state index in [1.165, 1.54) is 7.05 Å². The topological polar surface area (TPSA) is 84.2 Å². The summed E-state index contributed by atoms with van der Waals surface area (Å²) in [5.41, 5.74) is 6.65. The molecule has 4 N–H and O–H groups in total. The third kappa shape index (κ3) is 4.59. The number of hydrogen-bond acceptors (Lipinski definition) is 3. The monoisotopic (exact) mass is 359 g/mol. The van der Waals surface area contributed by atoms with Crippen molar-refractivity contribution in [1.29, 1.82) is 0 Å². The zero-order chi connectivity index (χ0) is 16.3. The number of anilines is 1. The Hall–Kier alpha value is -1.30. The second-order valence-corrected chi connectivity index (χ2v) is 6.47. The highest BCUT2D eigenvalue weighted by Gasteiger charge is 2.37. The van der Waals surface area contributed by atoms with Gasteiger partial charge in [0.15, 0.2) is 0 Å². The van der Waals surface area contributed by atoms with Crippen LogP contribution in [0.4, 0.5) is 5.69 Å². The first kappa shape index (κ1) is 19.7. The van der Waals surface area contributed by atoms with Crippen molar-refractivity contribution in [3.05, 3.63) is 28.8 Å². The summed E-state index contributed by atoms with van der Waals surface area (Å²) in [5.74, 6) is -0.613. The largest absolute Gasteiger partial charge is 0.355 e. The molecule has 7 heteroatoms. The summed E-state index contributed by atoms with van der Waals surface area (Å²) in [7, 11) is 1.53. The lowest BCUT2D eigenvalue weighted by molar-refractivity contribution is -0.122. The second-order valence-electron chi connectivity index (χ2n) is 6.07. The fourth-order valence-electron chi connectivity index (χ4n) is 2.93. The molecule has 0 spiro atoms. The van der Waals surface area contributed by atoms with E-state index in [4.69, 9.17) is 17.3 Å². The molecule has 5 nitrogen and oxygen atoms in total. The fraction of sp³-hybridized carbons (Fsp3) is 0.500. The van der Waals surface area contributed by atoms with Gasteiger partial charge in [-0.3, -0.25) is 9.59 Å². The van der Waals surface area contributed by atoms with Gasteiger partial charge in [-0.2, -0.15) is 0 Å². The fourth-order valence-corrected chi connectivity index (χ4v) is 3.13. The lowest BCUT2D eigenvalue weighted by Crippen LogP contribution is -2.51. The number of nitrogens with two attached hydrogens (primary N) is 1. The smallest absolute Gasteiger partial charge is 0.252 e. The Bertz CT molecular complexity index is 591. The SMILES string of the molecule is CNC(=O)c1cc(NC(=O)C2CCCCC2(C)N)ccc1Cl.Cl. The molecule has 0 heterocycles. The average molecular weight is 360 g/mol. The normalized spacial score (nSPS) is 23.6. The molecule has 2 atom stereocenters. The Morgan fingerprint density at radius 2 is 2.04 bits per heavy atom. The van der Waals surface area contributed by atoms with Crippen molar-refractivity contribution < 1.29 is 9.59 Å². The zero-order valence-electron chi connectivity index (χ0n) is 13.3. The van der Waals surface area contributed by atoms with Crippen LogP contribution in [0.25, 0.3) is 0 Å². The molecule has 0 aromatic heterocycles. The predicted octanol–water partition coefficient (Wildman–Crippen LogP) is 2.97. The Labute approximate surface area is 147 Å². The van der Waals surface area contributed by atoms with Crippen molar-refractivity contribution in [2.24, 2.45) is 11.7 Å². The molecule has 0 aliphatic heterocycles. The van der Waals surface area contributed by atoms with E-state index < -0.39 is 5.54 Å². The molecule has 1 saturated carbocycles. The first-order valence-electron chi connectivity index (χ1n) is 7.46. The van der Waals surface area contributed by atoms with E-state index >= 15 is 0 Å². The summed E-state index contributed by atoms with van der Waals surface area (Å²) in [6.07, 6.45) is 3.69. The van der Waals surface area contributed by atoms with Crippen molar-refractivity contribution >= 4 is 41.5 Å². The van der Waals surface area contributed by atoms with Gasteiger partial charge in [-0.1, -0.05) is 24.4 Å². The summed E-state index contributed by atoms with van der Waals surface area (Å²) < 4.78 is 0. The highest BCUT2D eigenvalue weighted by atomic mass is 35.5. The number of rotatable bonds is 3. The molecule has 0 radical (unpaired) electrons.